The SMILES string of the molecule is CCCN(C1CCNC1)C(C)c1ccsc1. The molecule has 1 fully saturated rings. The standard InChI is InChI=1S/C13H22N2S/c1-3-7-15(13-4-6-14-9-13)11(2)12-5-8-16-10-12/h5,8,10-11,13-14H,3-4,6-7,9H2,1-2H3. The minimum Gasteiger partial charge on any atom is -0.315 e. The van der Waals surface area contributed by atoms with Crippen LogP contribution >= 0.6 is 11.3 Å². The normalized spacial score (nSPS) is 22.8. The molecule has 2 heterocycles. The van der Waals surface area contributed by atoms with Gasteiger partial charge in [0.2, 0.25) is 0 Å². The molecule has 2 nitrogen and oxygen atoms in total. The van der Waals surface area contributed by atoms with Crippen molar-refractivity contribution in [1.82, 2.24) is 10.2 Å². The van der Waals surface area contributed by atoms with Gasteiger partial charge in [-0.25, -0.2) is 0 Å². The highest BCUT2D eigenvalue weighted by molar-refractivity contribution is 7.07. The summed E-state index contributed by atoms with van der Waals surface area (Å²) in [6.45, 7) is 8.17. The monoisotopic (exact) mass is 238 g/mol. The van der Waals surface area contributed by atoms with Crippen LogP contribution in [0.2, 0.25) is 0 Å². The third-order valence-corrected chi connectivity index (χ3v) is 4.21. The van der Waals surface area contributed by atoms with E-state index in [0.29, 0.717) is 6.04 Å². The van der Waals surface area contributed by atoms with Crippen LogP contribution in [-0.4, -0.2) is 30.6 Å². The molecule has 2 rings (SSSR count). The van der Waals surface area contributed by atoms with Crippen LogP contribution in [0.4, 0.5) is 0 Å². The van der Waals surface area contributed by atoms with E-state index in [0.717, 1.165) is 12.6 Å². The molecule has 90 valence electrons. The van der Waals surface area contributed by atoms with E-state index in [9.17, 15) is 0 Å². The van der Waals surface area contributed by atoms with E-state index in [1.165, 1.54) is 31.5 Å². The van der Waals surface area contributed by atoms with Crippen LogP contribution in [0.3, 0.4) is 0 Å². The molecule has 1 aliphatic rings. The molecule has 0 bridgehead atoms. The lowest BCUT2D eigenvalue weighted by Crippen LogP contribution is -2.39. The van der Waals surface area contributed by atoms with Crippen LogP contribution < -0.4 is 5.32 Å². The lowest BCUT2D eigenvalue weighted by molar-refractivity contribution is 0.154. The molecule has 16 heavy (non-hydrogen) atoms. The minimum atomic E-state index is 0.566. The molecule has 0 amide bonds. The van der Waals surface area contributed by atoms with Gasteiger partial charge in [0.05, 0.1) is 0 Å². The van der Waals surface area contributed by atoms with Gasteiger partial charge < -0.3 is 5.32 Å². The Morgan fingerprint density at radius 1 is 1.62 bits per heavy atom. The van der Waals surface area contributed by atoms with E-state index in [4.69, 9.17) is 0 Å². The molecule has 0 aliphatic carbocycles. The summed E-state index contributed by atoms with van der Waals surface area (Å²) in [5.74, 6) is 0. The number of rotatable bonds is 5. The van der Waals surface area contributed by atoms with Crippen LogP contribution in [0.15, 0.2) is 16.8 Å². The fourth-order valence-electron chi connectivity index (χ4n) is 2.58. The van der Waals surface area contributed by atoms with Crippen molar-refractivity contribution in [3.05, 3.63) is 22.4 Å². The topological polar surface area (TPSA) is 15.3 Å². The third-order valence-electron chi connectivity index (χ3n) is 3.51. The lowest BCUT2D eigenvalue weighted by Gasteiger charge is -2.33. The Labute approximate surface area is 103 Å². The summed E-state index contributed by atoms with van der Waals surface area (Å²) in [4.78, 5) is 2.67. The van der Waals surface area contributed by atoms with Crippen molar-refractivity contribution in [2.75, 3.05) is 19.6 Å². The molecular formula is C13H22N2S. The zero-order valence-corrected chi connectivity index (χ0v) is 11.1. The van der Waals surface area contributed by atoms with Gasteiger partial charge in [-0.05, 0) is 55.2 Å². The Morgan fingerprint density at radius 2 is 2.50 bits per heavy atom. The molecule has 1 aromatic rings. The third kappa shape index (κ3) is 2.65. The van der Waals surface area contributed by atoms with E-state index in [-0.39, 0.29) is 0 Å². The Balaban J connectivity index is 2.05. The maximum absolute atomic E-state index is 3.47. The highest BCUT2D eigenvalue weighted by Gasteiger charge is 2.26. The minimum absolute atomic E-state index is 0.566. The van der Waals surface area contributed by atoms with E-state index in [1.807, 2.05) is 0 Å². The highest BCUT2D eigenvalue weighted by Crippen LogP contribution is 2.26. The number of hydrogen-bond acceptors (Lipinski definition) is 3. The summed E-state index contributed by atoms with van der Waals surface area (Å²) in [5.41, 5.74) is 1.48. The quantitative estimate of drug-likeness (QED) is 0.848. The molecule has 1 saturated heterocycles. The highest BCUT2D eigenvalue weighted by atomic mass is 32.1. The van der Waals surface area contributed by atoms with Crippen LogP contribution in [0.1, 0.15) is 38.3 Å². The molecule has 2 unspecified atom stereocenters. The van der Waals surface area contributed by atoms with Crippen molar-refractivity contribution in [1.29, 1.82) is 0 Å². The second-order valence-electron chi connectivity index (χ2n) is 4.62. The molecule has 0 spiro atoms. The van der Waals surface area contributed by atoms with Crippen LogP contribution in [0.5, 0.6) is 0 Å². The zero-order valence-electron chi connectivity index (χ0n) is 10.3. The van der Waals surface area contributed by atoms with E-state index in [1.54, 1.807) is 11.3 Å². The van der Waals surface area contributed by atoms with Gasteiger partial charge >= 0.3 is 0 Å². The first-order chi connectivity index (χ1) is 7.83. The molecule has 2 atom stereocenters. The van der Waals surface area contributed by atoms with Gasteiger partial charge in [-0.2, -0.15) is 11.3 Å². The Bertz CT molecular complexity index is 291. The molecule has 1 aliphatic heterocycles. The predicted molar refractivity (Wildman–Crippen MR) is 71.0 cm³/mol. The van der Waals surface area contributed by atoms with E-state index in [2.05, 4.69) is 40.9 Å². The van der Waals surface area contributed by atoms with Gasteiger partial charge in [-0.1, -0.05) is 6.92 Å². The van der Waals surface area contributed by atoms with E-state index < -0.39 is 0 Å². The second kappa shape index (κ2) is 5.80. The summed E-state index contributed by atoms with van der Waals surface area (Å²) in [7, 11) is 0. The maximum Gasteiger partial charge on any atom is 0.0331 e. The first-order valence-electron chi connectivity index (χ1n) is 6.31. The summed E-state index contributed by atoms with van der Waals surface area (Å²) in [6, 6.07) is 3.56. The van der Waals surface area contributed by atoms with Gasteiger partial charge in [0.15, 0.2) is 0 Å². The predicted octanol–water partition coefficient (Wildman–Crippen LogP) is 2.88. The Hall–Kier alpha value is -0.380. The van der Waals surface area contributed by atoms with Gasteiger partial charge in [0.1, 0.15) is 0 Å². The van der Waals surface area contributed by atoms with Gasteiger partial charge in [-0.3, -0.25) is 4.90 Å². The number of thiophene rings is 1. The van der Waals surface area contributed by atoms with E-state index >= 15 is 0 Å². The Morgan fingerprint density at radius 3 is 3.06 bits per heavy atom. The van der Waals surface area contributed by atoms with Crippen molar-refractivity contribution < 1.29 is 0 Å². The number of nitrogens with one attached hydrogen (secondary N) is 1. The van der Waals surface area contributed by atoms with Gasteiger partial charge in [-0.15, -0.1) is 0 Å². The average molecular weight is 238 g/mol. The summed E-state index contributed by atoms with van der Waals surface area (Å²) < 4.78 is 0. The largest absolute Gasteiger partial charge is 0.315 e. The first kappa shape index (κ1) is 12.1. The van der Waals surface area contributed by atoms with Crippen molar-refractivity contribution in [3.63, 3.8) is 0 Å². The fraction of sp³-hybridized carbons (Fsp3) is 0.692. The molecule has 3 heteroatoms. The molecular weight excluding hydrogens is 216 g/mol. The Kier molecular flexibility index (Phi) is 4.38. The molecule has 0 saturated carbocycles. The van der Waals surface area contributed by atoms with Crippen molar-refractivity contribution in [2.45, 2.75) is 38.8 Å². The number of nitrogens with zero attached hydrogens (tertiary/aromatic N) is 1. The van der Waals surface area contributed by atoms with Crippen molar-refractivity contribution in [2.24, 2.45) is 0 Å². The molecule has 1 N–H and O–H groups in total. The number of hydrogen-bond donors (Lipinski definition) is 1. The van der Waals surface area contributed by atoms with Crippen LogP contribution in [-0.2, 0) is 0 Å². The lowest BCUT2D eigenvalue weighted by atomic mass is 10.1. The van der Waals surface area contributed by atoms with Crippen molar-refractivity contribution in [3.8, 4) is 0 Å². The fourth-order valence-corrected chi connectivity index (χ4v) is 3.32. The molecule has 1 aromatic heterocycles. The molecule has 0 radical (unpaired) electrons. The summed E-state index contributed by atoms with van der Waals surface area (Å²) in [6.07, 6.45) is 2.54. The van der Waals surface area contributed by atoms with Crippen LogP contribution in [0, 0.1) is 0 Å². The zero-order chi connectivity index (χ0) is 11.4. The van der Waals surface area contributed by atoms with Crippen molar-refractivity contribution >= 4 is 11.3 Å². The van der Waals surface area contributed by atoms with Gasteiger partial charge in [0.25, 0.3) is 0 Å². The van der Waals surface area contributed by atoms with Gasteiger partial charge in [0, 0.05) is 18.6 Å². The summed E-state index contributed by atoms with van der Waals surface area (Å²) in [5, 5.41) is 7.94. The first-order valence-corrected chi connectivity index (χ1v) is 7.25. The maximum atomic E-state index is 3.47. The second-order valence-corrected chi connectivity index (χ2v) is 5.40. The molecule has 0 aromatic carbocycles. The smallest absolute Gasteiger partial charge is 0.0331 e. The van der Waals surface area contributed by atoms with Crippen LogP contribution in [0.25, 0.3) is 0 Å². The summed E-state index contributed by atoms with van der Waals surface area (Å²) >= 11 is 1.80. The average Bonchev–Trinajstić information content (AvgIpc) is 2.96.